The van der Waals surface area contributed by atoms with Crippen LogP contribution in [0, 0.1) is 0 Å². The van der Waals surface area contributed by atoms with Crippen LogP contribution in [0.3, 0.4) is 0 Å². The molecule has 0 heterocycles. The smallest absolute Gasteiger partial charge is 0.0663 e. The van der Waals surface area contributed by atoms with Crippen molar-refractivity contribution in [3.05, 3.63) is 28.2 Å². The Kier molecular flexibility index (Phi) is 8.26. The zero-order chi connectivity index (χ0) is 15.8. The van der Waals surface area contributed by atoms with Crippen LogP contribution < -0.4 is 10.6 Å². The van der Waals surface area contributed by atoms with E-state index in [-0.39, 0.29) is 12.1 Å². The SMILES string of the molecule is COCCN(c1cc(Br)ccc1CC(C)N)C(C)COC. The third-order valence-electron chi connectivity index (χ3n) is 3.37. The van der Waals surface area contributed by atoms with Gasteiger partial charge in [0, 0.05) is 43.0 Å². The van der Waals surface area contributed by atoms with Crippen molar-refractivity contribution in [3.8, 4) is 0 Å². The van der Waals surface area contributed by atoms with E-state index in [4.69, 9.17) is 15.2 Å². The minimum atomic E-state index is 0.131. The lowest BCUT2D eigenvalue weighted by molar-refractivity contribution is 0.171. The molecule has 1 aromatic carbocycles. The number of hydrogen-bond acceptors (Lipinski definition) is 4. The fraction of sp³-hybridized carbons (Fsp3) is 0.625. The van der Waals surface area contributed by atoms with Crippen LogP contribution >= 0.6 is 15.9 Å². The molecule has 2 unspecified atom stereocenters. The van der Waals surface area contributed by atoms with Gasteiger partial charge in [-0.2, -0.15) is 0 Å². The second-order valence-corrected chi connectivity index (χ2v) is 6.36. The van der Waals surface area contributed by atoms with Gasteiger partial charge in [0.2, 0.25) is 0 Å². The number of methoxy groups -OCH3 is 2. The first-order chi connectivity index (χ1) is 9.99. The van der Waals surface area contributed by atoms with Crippen LogP contribution in [0.1, 0.15) is 19.4 Å². The van der Waals surface area contributed by atoms with Crippen molar-refractivity contribution in [2.75, 3.05) is 38.9 Å². The molecule has 120 valence electrons. The third-order valence-corrected chi connectivity index (χ3v) is 3.87. The third kappa shape index (κ3) is 5.94. The Labute approximate surface area is 136 Å². The van der Waals surface area contributed by atoms with E-state index in [9.17, 15) is 0 Å². The summed E-state index contributed by atoms with van der Waals surface area (Å²) in [6.45, 7) is 6.37. The molecule has 0 aliphatic rings. The maximum absolute atomic E-state index is 5.99. The molecule has 2 atom stereocenters. The van der Waals surface area contributed by atoms with Crippen molar-refractivity contribution in [2.24, 2.45) is 5.73 Å². The van der Waals surface area contributed by atoms with Gasteiger partial charge in [0.1, 0.15) is 0 Å². The summed E-state index contributed by atoms with van der Waals surface area (Å²) in [5.74, 6) is 0. The predicted octanol–water partition coefficient (Wildman–Crippen LogP) is 2.83. The summed E-state index contributed by atoms with van der Waals surface area (Å²) >= 11 is 3.57. The molecule has 1 aromatic rings. The van der Waals surface area contributed by atoms with E-state index in [1.54, 1.807) is 14.2 Å². The summed E-state index contributed by atoms with van der Waals surface area (Å²) in [5.41, 5.74) is 8.44. The highest BCUT2D eigenvalue weighted by molar-refractivity contribution is 9.10. The van der Waals surface area contributed by atoms with Gasteiger partial charge in [-0.05, 0) is 38.0 Å². The summed E-state index contributed by atoms with van der Waals surface area (Å²) in [6.07, 6.45) is 0.853. The minimum absolute atomic E-state index is 0.131. The van der Waals surface area contributed by atoms with Crippen LogP contribution in [0.15, 0.2) is 22.7 Å². The van der Waals surface area contributed by atoms with Gasteiger partial charge in [0.15, 0.2) is 0 Å². The quantitative estimate of drug-likeness (QED) is 0.737. The molecule has 0 spiro atoms. The fourth-order valence-electron chi connectivity index (χ4n) is 2.42. The van der Waals surface area contributed by atoms with Gasteiger partial charge in [-0.15, -0.1) is 0 Å². The largest absolute Gasteiger partial charge is 0.383 e. The number of ether oxygens (including phenoxy) is 2. The Morgan fingerprint density at radius 2 is 1.95 bits per heavy atom. The molecule has 0 radical (unpaired) electrons. The molecule has 4 nitrogen and oxygen atoms in total. The fourth-order valence-corrected chi connectivity index (χ4v) is 2.77. The normalized spacial score (nSPS) is 14.0. The van der Waals surface area contributed by atoms with Crippen molar-refractivity contribution in [1.29, 1.82) is 0 Å². The molecule has 5 heteroatoms. The predicted molar refractivity (Wildman–Crippen MR) is 92.1 cm³/mol. The highest BCUT2D eigenvalue weighted by atomic mass is 79.9. The summed E-state index contributed by atoms with van der Waals surface area (Å²) in [7, 11) is 3.46. The summed E-state index contributed by atoms with van der Waals surface area (Å²) in [6, 6.07) is 6.76. The molecule has 2 N–H and O–H groups in total. The Balaban J connectivity index is 3.10. The number of halogens is 1. The van der Waals surface area contributed by atoms with E-state index in [0.29, 0.717) is 13.2 Å². The summed E-state index contributed by atoms with van der Waals surface area (Å²) < 4.78 is 11.6. The van der Waals surface area contributed by atoms with E-state index in [1.807, 2.05) is 6.92 Å². The molecular weight excluding hydrogens is 332 g/mol. The molecule has 0 aromatic heterocycles. The number of hydrogen-bond donors (Lipinski definition) is 1. The van der Waals surface area contributed by atoms with E-state index in [1.165, 1.54) is 11.3 Å². The van der Waals surface area contributed by atoms with Gasteiger partial charge < -0.3 is 20.1 Å². The standard InChI is InChI=1S/C16H27BrN2O2/c1-12(18)9-14-5-6-15(17)10-16(14)19(7-8-20-3)13(2)11-21-4/h5-6,10,12-13H,7-9,11,18H2,1-4H3. The van der Waals surface area contributed by atoms with Crippen molar-refractivity contribution in [3.63, 3.8) is 0 Å². The van der Waals surface area contributed by atoms with Crippen molar-refractivity contribution >= 4 is 21.6 Å². The van der Waals surface area contributed by atoms with Crippen LogP contribution in [0.5, 0.6) is 0 Å². The van der Waals surface area contributed by atoms with E-state index >= 15 is 0 Å². The van der Waals surface area contributed by atoms with Gasteiger partial charge in [-0.25, -0.2) is 0 Å². The second-order valence-electron chi connectivity index (χ2n) is 5.44. The van der Waals surface area contributed by atoms with Gasteiger partial charge in [0.25, 0.3) is 0 Å². The minimum Gasteiger partial charge on any atom is -0.383 e. The molecule has 0 saturated heterocycles. The summed E-state index contributed by atoms with van der Waals surface area (Å²) in [4.78, 5) is 2.33. The van der Waals surface area contributed by atoms with Crippen molar-refractivity contribution < 1.29 is 9.47 Å². The number of benzene rings is 1. The van der Waals surface area contributed by atoms with Crippen LogP contribution in [-0.4, -0.2) is 46.1 Å². The molecule has 0 amide bonds. The number of nitrogens with two attached hydrogens (primary N) is 1. The van der Waals surface area contributed by atoms with Gasteiger partial charge in [0.05, 0.1) is 13.2 Å². The zero-order valence-electron chi connectivity index (χ0n) is 13.4. The highest BCUT2D eigenvalue weighted by Crippen LogP contribution is 2.28. The molecule has 1 rings (SSSR count). The molecular formula is C16H27BrN2O2. The average molecular weight is 359 g/mol. The monoisotopic (exact) mass is 358 g/mol. The van der Waals surface area contributed by atoms with E-state index < -0.39 is 0 Å². The van der Waals surface area contributed by atoms with Crippen LogP contribution in [0.2, 0.25) is 0 Å². The number of rotatable bonds is 9. The molecule has 0 aliphatic heterocycles. The van der Waals surface area contributed by atoms with Gasteiger partial charge in [-0.3, -0.25) is 0 Å². The van der Waals surface area contributed by atoms with Gasteiger partial charge in [-0.1, -0.05) is 22.0 Å². The average Bonchev–Trinajstić information content (AvgIpc) is 2.42. The Morgan fingerprint density at radius 1 is 1.24 bits per heavy atom. The molecule has 21 heavy (non-hydrogen) atoms. The number of anilines is 1. The first-order valence-electron chi connectivity index (χ1n) is 7.28. The van der Waals surface area contributed by atoms with E-state index in [0.717, 1.165) is 17.4 Å². The van der Waals surface area contributed by atoms with Crippen LogP contribution in [0.4, 0.5) is 5.69 Å². The first-order valence-corrected chi connectivity index (χ1v) is 8.07. The highest BCUT2D eigenvalue weighted by Gasteiger charge is 2.18. The second kappa shape index (κ2) is 9.41. The number of nitrogens with zero attached hydrogens (tertiary/aromatic N) is 1. The van der Waals surface area contributed by atoms with Crippen molar-refractivity contribution in [1.82, 2.24) is 0 Å². The topological polar surface area (TPSA) is 47.7 Å². The summed E-state index contributed by atoms with van der Waals surface area (Å²) in [5, 5.41) is 0. The molecule has 0 fully saturated rings. The lowest BCUT2D eigenvalue weighted by atomic mass is 10.0. The lowest BCUT2D eigenvalue weighted by Crippen LogP contribution is -2.39. The van der Waals surface area contributed by atoms with Crippen molar-refractivity contribution in [2.45, 2.75) is 32.4 Å². The van der Waals surface area contributed by atoms with E-state index in [2.05, 4.69) is 46.0 Å². The maximum atomic E-state index is 5.99. The lowest BCUT2D eigenvalue weighted by Gasteiger charge is -2.33. The molecule has 0 saturated carbocycles. The van der Waals surface area contributed by atoms with Gasteiger partial charge >= 0.3 is 0 Å². The molecule has 0 bridgehead atoms. The van der Waals surface area contributed by atoms with Crippen LogP contribution in [-0.2, 0) is 15.9 Å². The Morgan fingerprint density at radius 3 is 2.52 bits per heavy atom. The molecule has 0 aliphatic carbocycles. The first kappa shape index (κ1) is 18.4. The maximum Gasteiger partial charge on any atom is 0.0663 e. The van der Waals surface area contributed by atoms with Crippen LogP contribution in [0.25, 0.3) is 0 Å². The Bertz CT molecular complexity index is 427. The zero-order valence-corrected chi connectivity index (χ0v) is 15.0. The Hall–Kier alpha value is -0.620.